The number of ether oxygens (including phenoxy) is 1. The average molecular weight is 292 g/mol. The van der Waals surface area contributed by atoms with Crippen molar-refractivity contribution >= 4 is 17.7 Å². The molecular weight excluding hydrogens is 272 g/mol. The first kappa shape index (κ1) is 16.6. The standard InChI is InChI=1S/C15H20N2O4/c1-4-8-17(9-5-2)15(20)16-12-10-11(14(18)19)6-7-13(12)21-3/h4,6-7,10H,1,5,8-9H2,2-3H3,(H,16,20)(H,18,19). The minimum absolute atomic E-state index is 0.0804. The highest BCUT2D eigenvalue weighted by atomic mass is 16.5. The lowest BCUT2D eigenvalue weighted by molar-refractivity contribution is 0.0697. The Kier molecular flexibility index (Phi) is 6.26. The molecule has 0 aliphatic carbocycles. The van der Waals surface area contributed by atoms with Crippen molar-refractivity contribution < 1.29 is 19.4 Å². The van der Waals surface area contributed by atoms with E-state index >= 15 is 0 Å². The Hall–Kier alpha value is -2.50. The van der Waals surface area contributed by atoms with Gasteiger partial charge in [0.25, 0.3) is 0 Å². The molecule has 1 aromatic rings. The number of methoxy groups -OCH3 is 1. The Bertz CT molecular complexity index is 528. The van der Waals surface area contributed by atoms with Crippen LogP contribution in [0.15, 0.2) is 30.9 Å². The fourth-order valence-electron chi connectivity index (χ4n) is 1.83. The number of hydrogen-bond donors (Lipinski definition) is 2. The normalized spacial score (nSPS) is 9.81. The van der Waals surface area contributed by atoms with Crippen molar-refractivity contribution in [2.75, 3.05) is 25.5 Å². The molecule has 114 valence electrons. The molecular formula is C15H20N2O4. The van der Waals surface area contributed by atoms with Crippen LogP contribution in [0.25, 0.3) is 0 Å². The van der Waals surface area contributed by atoms with Crippen molar-refractivity contribution in [1.82, 2.24) is 4.90 Å². The smallest absolute Gasteiger partial charge is 0.335 e. The number of anilines is 1. The van der Waals surface area contributed by atoms with Crippen LogP contribution in [0.4, 0.5) is 10.5 Å². The number of benzene rings is 1. The minimum atomic E-state index is -1.07. The summed E-state index contributed by atoms with van der Waals surface area (Å²) in [4.78, 5) is 24.8. The number of carboxylic acid groups (broad SMARTS) is 1. The highest BCUT2D eigenvalue weighted by molar-refractivity contribution is 5.94. The molecule has 1 aromatic carbocycles. The van der Waals surface area contributed by atoms with Crippen molar-refractivity contribution in [2.45, 2.75) is 13.3 Å². The molecule has 2 amide bonds. The first-order valence-corrected chi connectivity index (χ1v) is 6.61. The lowest BCUT2D eigenvalue weighted by Gasteiger charge is -2.21. The largest absolute Gasteiger partial charge is 0.495 e. The quantitative estimate of drug-likeness (QED) is 0.757. The van der Waals surface area contributed by atoms with Gasteiger partial charge in [-0.1, -0.05) is 13.0 Å². The average Bonchev–Trinajstić information content (AvgIpc) is 2.46. The maximum absolute atomic E-state index is 12.2. The van der Waals surface area contributed by atoms with Gasteiger partial charge in [-0.05, 0) is 24.6 Å². The van der Waals surface area contributed by atoms with Gasteiger partial charge in [0.2, 0.25) is 0 Å². The summed E-state index contributed by atoms with van der Waals surface area (Å²) >= 11 is 0. The maximum Gasteiger partial charge on any atom is 0.335 e. The van der Waals surface area contributed by atoms with Crippen molar-refractivity contribution in [2.24, 2.45) is 0 Å². The molecule has 0 atom stereocenters. The van der Waals surface area contributed by atoms with Gasteiger partial charge in [0.05, 0.1) is 18.4 Å². The number of carbonyl (C=O) groups is 2. The number of aromatic carboxylic acids is 1. The third-order valence-corrected chi connectivity index (χ3v) is 2.82. The second kappa shape index (κ2) is 7.94. The van der Waals surface area contributed by atoms with Gasteiger partial charge in [0.1, 0.15) is 5.75 Å². The van der Waals surface area contributed by atoms with Crippen LogP contribution in [0.3, 0.4) is 0 Å². The monoisotopic (exact) mass is 292 g/mol. The highest BCUT2D eigenvalue weighted by Gasteiger charge is 2.15. The molecule has 0 saturated carbocycles. The number of urea groups is 1. The van der Waals surface area contributed by atoms with Gasteiger partial charge in [-0.15, -0.1) is 6.58 Å². The predicted molar refractivity (Wildman–Crippen MR) is 81.0 cm³/mol. The zero-order valence-corrected chi connectivity index (χ0v) is 12.3. The van der Waals surface area contributed by atoms with E-state index in [0.29, 0.717) is 24.5 Å². The third kappa shape index (κ3) is 4.52. The summed E-state index contributed by atoms with van der Waals surface area (Å²) in [5.41, 5.74) is 0.407. The summed E-state index contributed by atoms with van der Waals surface area (Å²) < 4.78 is 5.13. The zero-order valence-electron chi connectivity index (χ0n) is 12.3. The number of rotatable bonds is 7. The lowest BCUT2D eigenvalue weighted by Crippen LogP contribution is -2.35. The first-order valence-electron chi connectivity index (χ1n) is 6.61. The number of hydrogen-bond acceptors (Lipinski definition) is 3. The van der Waals surface area contributed by atoms with E-state index in [0.717, 1.165) is 6.42 Å². The fraction of sp³-hybridized carbons (Fsp3) is 0.333. The molecule has 6 heteroatoms. The lowest BCUT2D eigenvalue weighted by atomic mass is 10.2. The topological polar surface area (TPSA) is 78.9 Å². The van der Waals surface area contributed by atoms with E-state index in [4.69, 9.17) is 9.84 Å². The van der Waals surface area contributed by atoms with Crippen LogP contribution >= 0.6 is 0 Å². The molecule has 0 aliphatic rings. The Morgan fingerprint density at radius 3 is 2.71 bits per heavy atom. The van der Waals surface area contributed by atoms with Gasteiger partial charge in [0.15, 0.2) is 0 Å². The minimum Gasteiger partial charge on any atom is -0.495 e. The number of carbonyl (C=O) groups excluding carboxylic acids is 1. The van der Waals surface area contributed by atoms with E-state index in [1.54, 1.807) is 11.0 Å². The summed E-state index contributed by atoms with van der Waals surface area (Å²) in [5, 5.41) is 11.7. The van der Waals surface area contributed by atoms with Gasteiger partial charge >= 0.3 is 12.0 Å². The van der Waals surface area contributed by atoms with Crippen LogP contribution in [-0.2, 0) is 0 Å². The van der Waals surface area contributed by atoms with Crippen LogP contribution in [-0.4, -0.2) is 42.2 Å². The van der Waals surface area contributed by atoms with Gasteiger partial charge < -0.3 is 20.1 Å². The van der Waals surface area contributed by atoms with E-state index in [1.807, 2.05) is 6.92 Å². The molecule has 6 nitrogen and oxygen atoms in total. The summed E-state index contributed by atoms with van der Waals surface area (Å²) in [6.07, 6.45) is 2.45. The van der Waals surface area contributed by atoms with Crippen LogP contribution in [0.2, 0.25) is 0 Å². The van der Waals surface area contributed by atoms with Gasteiger partial charge in [0, 0.05) is 13.1 Å². The van der Waals surface area contributed by atoms with E-state index in [2.05, 4.69) is 11.9 Å². The molecule has 0 aliphatic heterocycles. The molecule has 2 N–H and O–H groups in total. The molecule has 0 fully saturated rings. The number of amides is 2. The third-order valence-electron chi connectivity index (χ3n) is 2.82. The maximum atomic E-state index is 12.2. The highest BCUT2D eigenvalue weighted by Crippen LogP contribution is 2.25. The molecule has 0 unspecified atom stereocenters. The second-order valence-electron chi connectivity index (χ2n) is 4.39. The summed E-state index contributed by atoms with van der Waals surface area (Å²) in [7, 11) is 1.46. The van der Waals surface area contributed by atoms with Crippen LogP contribution in [0, 0.1) is 0 Å². The SMILES string of the molecule is C=CCN(CCC)C(=O)Nc1cc(C(=O)O)ccc1OC. The van der Waals surface area contributed by atoms with Gasteiger partial charge in [-0.2, -0.15) is 0 Å². The number of nitrogens with one attached hydrogen (secondary N) is 1. The molecule has 21 heavy (non-hydrogen) atoms. The van der Waals surface area contributed by atoms with E-state index < -0.39 is 5.97 Å². The first-order chi connectivity index (χ1) is 10.0. The molecule has 1 rings (SSSR count). The molecule has 0 aromatic heterocycles. The molecule has 0 radical (unpaired) electrons. The van der Waals surface area contributed by atoms with Crippen molar-refractivity contribution in [3.63, 3.8) is 0 Å². The summed E-state index contributed by atoms with van der Waals surface area (Å²) in [6.45, 7) is 6.59. The van der Waals surface area contributed by atoms with Crippen LogP contribution in [0.5, 0.6) is 5.75 Å². The van der Waals surface area contributed by atoms with E-state index in [1.165, 1.54) is 25.3 Å². The van der Waals surface area contributed by atoms with Crippen molar-refractivity contribution in [3.05, 3.63) is 36.4 Å². The number of carboxylic acids is 1. The summed E-state index contributed by atoms with van der Waals surface area (Å²) in [5.74, 6) is -0.659. The molecule has 0 bridgehead atoms. The Morgan fingerprint density at radius 1 is 1.48 bits per heavy atom. The van der Waals surface area contributed by atoms with Crippen LogP contribution < -0.4 is 10.1 Å². The molecule has 0 saturated heterocycles. The predicted octanol–water partition coefficient (Wildman–Crippen LogP) is 2.82. The molecule has 0 spiro atoms. The van der Waals surface area contributed by atoms with E-state index in [9.17, 15) is 9.59 Å². The zero-order chi connectivity index (χ0) is 15.8. The Balaban J connectivity index is 2.98. The summed E-state index contributed by atoms with van der Waals surface area (Å²) in [6, 6.07) is 3.98. The van der Waals surface area contributed by atoms with E-state index in [-0.39, 0.29) is 11.6 Å². The van der Waals surface area contributed by atoms with Gasteiger partial charge in [-0.3, -0.25) is 0 Å². The second-order valence-corrected chi connectivity index (χ2v) is 4.39. The van der Waals surface area contributed by atoms with Gasteiger partial charge in [-0.25, -0.2) is 9.59 Å². The Labute approximate surface area is 124 Å². The van der Waals surface area contributed by atoms with Crippen molar-refractivity contribution in [3.8, 4) is 5.75 Å². The van der Waals surface area contributed by atoms with Crippen molar-refractivity contribution in [1.29, 1.82) is 0 Å². The molecule has 0 heterocycles. The van der Waals surface area contributed by atoms with Crippen LogP contribution in [0.1, 0.15) is 23.7 Å². The Morgan fingerprint density at radius 2 is 2.19 bits per heavy atom. The fourth-order valence-corrected chi connectivity index (χ4v) is 1.83. The number of nitrogens with zero attached hydrogens (tertiary/aromatic N) is 1.